The predicted molar refractivity (Wildman–Crippen MR) is 298 cm³/mol. The Kier molecular flexibility index (Phi) is 8.49. The first-order valence-corrected chi connectivity index (χ1v) is 26.5. The van der Waals surface area contributed by atoms with Gasteiger partial charge in [0.15, 0.2) is 0 Å². The van der Waals surface area contributed by atoms with Crippen molar-refractivity contribution < 1.29 is 0 Å². The number of para-hydroxylation sites is 2. The molecule has 0 saturated heterocycles. The van der Waals surface area contributed by atoms with Crippen molar-refractivity contribution in [1.82, 2.24) is 4.57 Å². The van der Waals surface area contributed by atoms with Crippen LogP contribution in [0.15, 0.2) is 274 Å². The lowest BCUT2D eigenvalue weighted by atomic mass is 9.67. The van der Waals surface area contributed by atoms with E-state index in [1.807, 2.05) is 23.5 Å². The molecule has 0 bridgehead atoms. The van der Waals surface area contributed by atoms with E-state index in [1.165, 1.54) is 103 Å². The number of benzene rings is 11. The summed E-state index contributed by atoms with van der Waals surface area (Å²) in [6.45, 7) is 0. The van der Waals surface area contributed by atoms with Crippen molar-refractivity contribution in [3.8, 4) is 27.9 Å². The van der Waals surface area contributed by atoms with Gasteiger partial charge < -0.3 is 9.47 Å². The van der Waals surface area contributed by atoms with Gasteiger partial charge in [-0.1, -0.05) is 212 Å². The average molecular weight is 951 g/mol. The third kappa shape index (κ3) is 5.17. The van der Waals surface area contributed by atoms with Gasteiger partial charge in [-0.15, -0.1) is 0 Å². The Bertz CT molecular complexity index is 3970. The Morgan fingerprint density at radius 1 is 0.306 bits per heavy atom. The highest BCUT2D eigenvalue weighted by molar-refractivity contribution is 7.99. The van der Waals surface area contributed by atoms with Crippen LogP contribution in [-0.2, 0) is 10.8 Å². The summed E-state index contributed by atoms with van der Waals surface area (Å²) in [6.07, 6.45) is 0. The van der Waals surface area contributed by atoms with Crippen LogP contribution in [0.2, 0.25) is 0 Å². The minimum absolute atomic E-state index is 0.530. The van der Waals surface area contributed by atoms with E-state index in [0.29, 0.717) is 0 Å². The van der Waals surface area contributed by atoms with Crippen molar-refractivity contribution in [1.29, 1.82) is 0 Å². The monoisotopic (exact) mass is 950 g/mol. The second-order valence-corrected chi connectivity index (χ2v) is 21.6. The highest BCUT2D eigenvalue weighted by atomic mass is 32.2. The van der Waals surface area contributed by atoms with E-state index in [9.17, 15) is 0 Å². The summed E-state index contributed by atoms with van der Waals surface area (Å²) in [7, 11) is 0. The van der Waals surface area contributed by atoms with Crippen LogP contribution in [0.3, 0.4) is 0 Å². The molecule has 0 radical (unpaired) electrons. The maximum absolute atomic E-state index is 2.63. The highest BCUT2D eigenvalue weighted by Gasteiger charge is 2.53. The molecule has 72 heavy (non-hydrogen) atoms. The number of anilines is 3. The topological polar surface area (TPSA) is 8.17 Å². The maximum Gasteiger partial charge on any atom is 0.0736 e. The summed E-state index contributed by atoms with van der Waals surface area (Å²) in [5.41, 5.74) is 21.5. The fourth-order valence-corrected chi connectivity index (χ4v) is 15.9. The minimum Gasteiger partial charge on any atom is -0.309 e. The normalized spacial score (nSPS) is 14.5. The fourth-order valence-electron chi connectivity index (χ4n) is 13.5. The molecule has 2 aliphatic heterocycles. The van der Waals surface area contributed by atoms with Crippen LogP contribution in [0, 0.1) is 0 Å². The van der Waals surface area contributed by atoms with Crippen molar-refractivity contribution >= 4 is 62.4 Å². The van der Waals surface area contributed by atoms with E-state index >= 15 is 0 Å². The molecule has 2 nitrogen and oxygen atoms in total. The lowest BCUT2D eigenvalue weighted by molar-refractivity contribution is 0.722. The third-order valence-electron chi connectivity index (χ3n) is 16.1. The van der Waals surface area contributed by atoms with Gasteiger partial charge in [-0.2, -0.15) is 0 Å². The molecule has 12 aromatic rings. The largest absolute Gasteiger partial charge is 0.309 e. The number of fused-ring (bicyclic) bond motifs is 21. The predicted octanol–water partition coefficient (Wildman–Crippen LogP) is 17.9. The van der Waals surface area contributed by atoms with Crippen LogP contribution in [0.25, 0.3) is 49.7 Å². The molecule has 16 rings (SSSR count). The molecule has 11 aromatic carbocycles. The zero-order valence-corrected chi connectivity index (χ0v) is 40.6. The molecule has 336 valence electrons. The number of aromatic nitrogens is 1. The summed E-state index contributed by atoms with van der Waals surface area (Å²) in [4.78, 5) is 7.83. The first-order chi connectivity index (χ1) is 35.7. The molecular weight excluding hydrogens is 909 g/mol. The van der Waals surface area contributed by atoms with Gasteiger partial charge in [-0.3, -0.25) is 0 Å². The molecule has 0 atom stereocenters. The van der Waals surface area contributed by atoms with Crippen LogP contribution in [0.5, 0.6) is 0 Å². The van der Waals surface area contributed by atoms with Crippen molar-refractivity contribution in [2.24, 2.45) is 0 Å². The second kappa shape index (κ2) is 15.1. The molecule has 2 aliphatic carbocycles. The molecule has 0 N–H and O–H groups in total. The van der Waals surface area contributed by atoms with Crippen molar-refractivity contribution in [2.75, 3.05) is 4.90 Å². The number of hydrogen-bond donors (Lipinski definition) is 0. The van der Waals surface area contributed by atoms with Gasteiger partial charge >= 0.3 is 0 Å². The minimum atomic E-state index is -0.530. The average Bonchev–Trinajstić information content (AvgIpc) is 4.05. The summed E-state index contributed by atoms with van der Waals surface area (Å²) >= 11 is 3.79. The molecule has 0 unspecified atom stereocenters. The molecule has 4 heteroatoms. The summed E-state index contributed by atoms with van der Waals surface area (Å²) < 4.78 is 2.45. The molecule has 3 heterocycles. The first kappa shape index (κ1) is 40.4. The molecule has 0 fully saturated rings. The van der Waals surface area contributed by atoms with Crippen molar-refractivity contribution in [2.45, 2.75) is 30.4 Å². The Morgan fingerprint density at radius 2 is 0.708 bits per heavy atom. The quantitative estimate of drug-likeness (QED) is 0.174. The zero-order valence-electron chi connectivity index (χ0n) is 39.0. The van der Waals surface area contributed by atoms with E-state index in [-0.39, 0.29) is 0 Å². The van der Waals surface area contributed by atoms with E-state index in [2.05, 4.69) is 264 Å². The van der Waals surface area contributed by atoms with Gasteiger partial charge in [0.05, 0.1) is 33.2 Å². The van der Waals surface area contributed by atoms with Gasteiger partial charge in [-0.25, -0.2) is 0 Å². The third-order valence-corrected chi connectivity index (χ3v) is 18.4. The smallest absolute Gasteiger partial charge is 0.0736 e. The summed E-state index contributed by atoms with van der Waals surface area (Å²) in [5.74, 6) is 0. The zero-order chi connectivity index (χ0) is 47.1. The fraction of sp³-hybridized carbons (Fsp3) is 0.0294. The highest BCUT2D eigenvalue weighted by Crippen LogP contribution is 2.67. The van der Waals surface area contributed by atoms with Gasteiger partial charge in [0.1, 0.15) is 0 Å². The first-order valence-electron chi connectivity index (χ1n) is 24.8. The molecule has 0 amide bonds. The molecule has 2 spiro atoms. The Balaban J connectivity index is 1.05. The molecule has 0 saturated carbocycles. The second-order valence-electron chi connectivity index (χ2n) is 19.4. The lowest BCUT2D eigenvalue weighted by Crippen LogP contribution is -2.32. The van der Waals surface area contributed by atoms with E-state index in [4.69, 9.17) is 0 Å². The molecule has 1 aromatic heterocycles. The van der Waals surface area contributed by atoms with Gasteiger partial charge in [0.2, 0.25) is 0 Å². The maximum atomic E-state index is 2.63. The van der Waals surface area contributed by atoms with Gasteiger partial charge in [-0.05, 0) is 122 Å². The SMILES string of the molecule is c1ccc(-n2c3ccccc3c3ccc(N(c4cccc5c4-c4ccccc4C54c5ccccc5Sc5ccccc54)c4cccc5c4-c4ccccc4C54c5ccccc5Sc5ccccc54)cc32)cc1. The Hall–Kier alpha value is -8.28. The molecular formula is C68H42N2S2. The van der Waals surface area contributed by atoms with Crippen molar-refractivity contribution in [3.63, 3.8) is 0 Å². The van der Waals surface area contributed by atoms with E-state index in [1.54, 1.807) is 0 Å². The van der Waals surface area contributed by atoms with Crippen LogP contribution >= 0.6 is 23.5 Å². The summed E-state index contributed by atoms with van der Waals surface area (Å²) in [5, 5.41) is 2.46. The number of rotatable bonds is 4. The standard InChI is InChI=1S/C68H42N2S2/c1-2-20-43(21-3-1)69-57-33-13-6-22-45(57)46-41-40-44(42-60(46)69)70(58-34-18-31-55-65(58)47-23-4-7-25-49(47)67(55)51-27-9-14-36-61(51)71-62-37-15-10-28-52(62)67)59-35-19-32-56-66(59)48-24-5-8-26-50(48)68(56)53-29-11-16-38-63(53)72-64-39-17-12-30-54(64)68/h1-42H. The Labute approximate surface area is 426 Å². The molecule has 4 aliphatic rings. The Morgan fingerprint density at radius 3 is 1.22 bits per heavy atom. The van der Waals surface area contributed by atoms with Crippen LogP contribution in [0.4, 0.5) is 17.1 Å². The van der Waals surface area contributed by atoms with E-state index in [0.717, 1.165) is 28.3 Å². The summed E-state index contributed by atoms with van der Waals surface area (Å²) in [6, 6.07) is 96.2. The van der Waals surface area contributed by atoms with Gasteiger partial charge in [0.25, 0.3) is 0 Å². The van der Waals surface area contributed by atoms with E-state index < -0.39 is 10.8 Å². The van der Waals surface area contributed by atoms with Crippen LogP contribution < -0.4 is 4.90 Å². The number of nitrogens with zero attached hydrogens (tertiary/aromatic N) is 2. The number of hydrogen-bond acceptors (Lipinski definition) is 3. The van der Waals surface area contributed by atoms with Crippen LogP contribution in [0.1, 0.15) is 44.5 Å². The lowest BCUT2D eigenvalue weighted by Gasteiger charge is -2.40. The van der Waals surface area contributed by atoms with Crippen LogP contribution in [-0.4, -0.2) is 4.57 Å². The van der Waals surface area contributed by atoms with Gasteiger partial charge in [0, 0.05) is 52.9 Å². The van der Waals surface area contributed by atoms with Crippen molar-refractivity contribution in [3.05, 3.63) is 299 Å².